The number of benzene rings is 2. The molecule has 2 aromatic heterocycles. The highest BCUT2D eigenvalue weighted by atomic mass is 35.5. The third-order valence-electron chi connectivity index (χ3n) is 7.21. The standard InChI is InChI=1S/C27H30ClN4O5P/c1-2-34-15-23-31-24-25(21-8-3-4-9-22(21)30-26(24)29)32(23)27(10-11-27)16-35-17-38(33)36-13-19(14-37-38)18-6-5-7-20(28)12-18/h3-9,12,19H,2,10-11,13-17H2,1H3,(H2,29,30). The number of nitrogens with zero attached hydrogens (tertiary/aromatic N) is 3. The summed E-state index contributed by atoms with van der Waals surface area (Å²) in [6, 6.07) is 15.4. The highest BCUT2D eigenvalue weighted by molar-refractivity contribution is 7.53. The first-order valence-electron chi connectivity index (χ1n) is 12.8. The molecule has 0 amide bonds. The zero-order chi connectivity index (χ0) is 26.3. The Morgan fingerprint density at radius 1 is 1.13 bits per heavy atom. The number of anilines is 1. The maximum Gasteiger partial charge on any atom is 0.356 e. The number of imidazole rings is 1. The van der Waals surface area contributed by atoms with Gasteiger partial charge in [-0.15, -0.1) is 0 Å². The van der Waals surface area contributed by atoms with Crippen molar-refractivity contribution in [1.29, 1.82) is 0 Å². The normalized spacial score (nSPS) is 22.7. The van der Waals surface area contributed by atoms with E-state index in [1.165, 1.54) is 0 Å². The molecular formula is C27H30ClN4O5P. The molecule has 6 rings (SSSR count). The number of hydrogen-bond acceptors (Lipinski definition) is 8. The van der Waals surface area contributed by atoms with Gasteiger partial charge in [0.25, 0.3) is 0 Å². The predicted molar refractivity (Wildman–Crippen MR) is 147 cm³/mol. The van der Waals surface area contributed by atoms with E-state index >= 15 is 0 Å². The predicted octanol–water partition coefficient (Wildman–Crippen LogP) is 5.84. The number of aromatic nitrogens is 3. The lowest BCUT2D eigenvalue weighted by Gasteiger charge is -2.30. The minimum atomic E-state index is -3.38. The van der Waals surface area contributed by atoms with Gasteiger partial charge in [-0.3, -0.25) is 4.57 Å². The van der Waals surface area contributed by atoms with Crippen molar-refractivity contribution < 1.29 is 23.1 Å². The fourth-order valence-corrected chi connectivity index (χ4v) is 6.64. The zero-order valence-corrected chi connectivity index (χ0v) is 22.8. The Labute approximate surface area is 225 Å². The molecule has 38 heavy (non-hydrogen) atoms. The van der Waals surface area contributed by atoms with Gasteiger partial charge in [-0.1, -0.05) is 41.9 Å². The van der Waals surface area contributed by atoms with Gasteiger partial charge in [-0.05, 0) is 43.5 Å². The molecule has 2 N–H and O–H groups in total. The molecule has 0 bridgehead atoms. The summed E-state index contributed by atoms with van der Waals surface area (Å²) in [5.41, 5.74) is 9.37. The van der Waals surface area contributed by atoms with Crippen molar-refractivity contribution in [3.05, 3.63) is 64.9 Å². The van der Waals surface area contributed by atoms with E-state index in [9.17, 15) is 4.57 Å². The van der Waals surface area contributed by atoms with E-state index in [1.54, 1.807) is 0 Å². The van der Waals surface area contributed by atoms with Crippen LogP contribution in [0.4, 0.5) is 5.82 Å². The number of pyridine rings is 1. The molecule has 0 spiro atoms. The molecule has 0 atom stereocenters. The van der Waals surface area contributed by atoms with Crippen LogP contribution in [0.3, 0.4) is 0 Å². The maximum atomic E-state index is 13.3. The summed E-state index contributed by atoms with van der Waals surface area (Å²) >= 11 is 6.11. The minimum absolute atomic E-state index is 0.0312. The number of fused-ring (bicyclic) bond motifs is 3. The van der Waals surface area contributed by atoms with Crippen molar-refractivity contribution in [2.24, 2.45) is 0 Å². The Morgan fingerprint density at radius 3 is 2.66 bits per heavy atom. The van der Waals surface area contributed by atoms with Crippen LogP contribution >= 0.6 is 19.2 Å². The summed E-state index contributed by atoms with van der Waals surface area (Å²) < 4.78 is 38.7. The first kappa shape index (κ1) is 25.7. The Morgan fingerprint density at radius 2 is 1.92 bits per heavy atom. The van der Waals surface area contributed by atoms with Gasteiger partial charge in [0.05, 0.1) is 36.4 Å². The molecule has 11 heteroatoms. The molecule has 2 aromatic carbocycles. The minimum Gasteiger partial charge on any atom is -0.382 e. The molecule has 9 nitrogen and oxygen atoms in total. The summed E-state index contributed by atoms with van der Waals surface area (Å²) in [5.74, 6) is 1.12. The highest BCUT2D eigenvalue weighted by Gasteiger charge is 2.48. The molecule has 2 fully saturated rings. The molecule has 0 unspecified atom stereocenters. The number of nitrogens with two attached hydrogens (primary N) is 1. The van der Waals surface area contributed by atoms with Gasteiger partial charge < -0.3 is 28.8 Å². The van der Waals surface area contributed by atoms with Gasteiger partial charge in [0.15, 0.2) is 5.82 Å². The molecule has 3 heterocycles. The smallest absolute Gasteiger partial charge is 0.356 e. The largest absolute Gasteiger partial charge is 0.382 e. The third-order valence-corrected chi connectivity index (χ3v) is 9.03. The van der Waals surface area contributed by atoms with Crippen LogP contribution in [0.1, 0.15) is 37.1 Å². The van der Waals surface area contributed by atoms with E-state index in [2.05, 4.69) is 9.55 Å². The van der Waals surface area contributed by atoms with E-state index in [-0.39, 0.29) is 31.0 Å². The molecule has 1 aliphatic carbocycles. The quantitative estimate of drug-likeness (QED) is 0.256. The first-order chi connectivity index (χ1) is 18.4. The molecule has 1 saturated heterocycles. The average Bonchev–Trinajstić information content (AvgIpc) is 3.58. The van der Waals surface area contributed by atoms with Crippen LogP contribution in [0.2, 0.25) is 5.02 Å². The van der Waals surface area contributed by atoms with E-state index < -0.39 is 7.60 Å². The second-order valence-electron chi connectivity index (χ2n) is 9.87. The van der Waals surface area contributed by atoms with E-state index in [1.807, 2.05) is 55.5 Å². The molecule has 200 valence electrons. The van der Waals surface area contributed by atoms with Crippen molar-refractivity contribution in [3.63, 3.8) is 0 Å². The lowest BCUT2D eigenvalue weighted by Crippen LogP contribution is -2.27. The molecule has 1 saturated carbocycles. The van der Waals surface area contributed by atoms with Crippen LogP contribution in [0, 0.1) is 0 Å². The average molecular weight is 557 g/mol. The van der Waals surface area contributed by atoms with Crippen molar-refractivity contribution in [2.45, 2.75) is 37.8 Å². The maximum absolute atomic E-state index is 13.3. The van der Waals surface area contributed by atoms with Crippen molar-refractivity contribution >= 4 is 47.0 Å². The van der Waals surface area contributed by atoms with E-state index in [0.717, 1.165) is 40.6 Å². The van der Waals surface area contributed by atoms with E-state index in [0.29, 0.717) is 36.2 Å². The van der Waals surface area contributed by atoms with Gasteiger partial charge in [-0.2, -0.15) is 0 Å². The Kier molecular flexibility index (Phi) is 6.93. The fraction of sp³-hybridized carbons (Fsp3) is 0.407. The second kappa shape index (κ2) is 10.2. The second-order valence-corrected chi connectivity index (χ2v) is 12.3. The Hall–Kier alpha value is -2.52. The van der Waals surface area contributed by atoms with Gasteiger partial charge in [0.2, 0.25) is 0 Å². The van der Waals surface area contributed by atoms with Gasteiger partial charge in [0.1, 0.15) is 24.3 Å². The zero-order valence-electron chi connectivity index (χ0n) is 21.1. The number of halogens is 1. The van der Waals surface area contributed by atoms with Crippen LogP contribution in [0.5, 0.6) is 0 Å². The van der Waals surface area contributed by atoms with Crippen molar-refractivity contribution in [3.8, 4) is 0 Å². The van der Waals surface area contributed by atoms with Crippen molar-refractivity contribution in [1.82, 2.24) is 14.5 Å². The lowest BCUT2D eigenvalue weighted by molar-refractivity contribution is 0.0716. The first-order valence-corrected chi connectivity index (χ1v) is 14.9. The number of para-hydroxylation sites is 1. The Bertz CT molecular complexity index is 1530. The molecular weight excluding hydrogens is 527 g/mol. The third kappa shape index (κ3) is 4.83. The SMILES string of the molecule is CCOCc1nc2c(N)nc3ccccc3c2n1C1(COCP2(=O)OCC(c3cccc(Cl)c3)CO2)CC1. The summed E-state index contributed by atoms with van der Waals surface area (Å²) in [6.45, 7) is 3.77. The van der Waals surface area contributed by atoms with Crippen LogP contribution in [0.15, 0.2) is 48.5 Å². The van der Waals surface area contributed by atoms with Gasteiger partial charge >= 0.3 is 7.60 Å². The number of rotatable bonds is 9. The monoisotopic (exact) mass is 556 g/mol. The topological polar surface area (TPSA) is 111 Å². The van der Waals surface area contributed by atoms with Crippen LogP contribution in [-0.2, 0) is 35.2 Å². The van der Waals surface area contributed by atoms with Gasteiger partial charge in [-0.25, -0.2) is 9.97 Å². The van der Waals surface area contributed by atoms with Crippen LogP contribution in [0.25, 0.3) is 21.9 Å². The lowest BCUT2D eigenvalue weighted by atomic mass is 10.0. The highest BCUT2D eigenvalue weighted by Crippen LogP contribution is 2.54. The molecule has 4 aromatic rings. The Balaban J connectivity index is 1.22. The van der Waals surface area contributed by atoms with Crippen LogP contribution < -0.4 is 5.73 Å². The summed E-state index contributed by atoms with van der Waals surface area (Å²) in [5, 5.41) is 1.62. The molecule has 2 aliphatic rings. The summed E-state index contributed by atoms with van der Waals surface area (Å²) in [6.07, 6.45) is 1.66. The summed E-state index contributed by atoms with van der Waals surface area (Å²) in [7, 11) is -3.38. The fourth-order valence-electron chi connectivity index (χ4n) is 5.09. The molecule has 0 radical (unpaired) electrons. The van der Waals surface area contributed by atoms with E-state index in [4.69, 9.17) is 40.8 Å². The summed E-state index contributed by atoms with van der Waals surface area (Å²) in [4.78, 5) is 9.40. The van der Waals surface area contributed by atoms with Gasteiger partial charge in [0, 0.05) is 22.9 Å². The number of hydrogen-bond donors (Lipinski definition) is 1. The number of nitrogen functional groups attached to an aromatic ring is 1. The number of ether oxygens (including phenoxy) is 2. The molecule has 1 aliphatic heterocycles. The van der Waals surface area contributed by atoms with Crippen molar-refractivity contribution in [2.75, 3.05) is 38.5 Å². The van der Waals surface area contributed by atoms with Crippen LogP contribution in [-0.4, -0.2) is 47.3 Å².